The van der Waals surface area contributed by atoms with Crippen LogP contribution in [0.25, 0.3) is 11.1 Å². The molecule has 0 atom stereocenters. The Labute approximate surface area is 127 Å². The summed E-state index contributed by atoms with van der Waals surface area (Å²) in [6, 6.07) is 6.66. The number of benzene rings is 1. The summed E-state index contributed by atoms with van der Waals surface area (Å²) in [7, 11) is 0. The van der Waals surface area contributed by atoms with E-state index in [0.29, 0.717) is 26.5 Å². The quantitative estimate of drug-likeness (QED) is 0.501. The molecule has 0 fully saturated rings. The Morgan fingerprint density at radius 1 is 0.947 bits per heavy atom. The van der Waals surface area contributed by atoms with Crippen LogP contribution in [0.15, 0.2) is 39.1 Å². The van der Waals surface area contributed by atoms with Crippen LogP contribution in [0.1, 0.15) is 0 Å². The molecule has 0 saturated carbocycles. The Hall–Kier alpha value is -1.01. The fraction of sp³-hybridized carbons (Fsp3) is 0. The van der Waals surface area contributed by atoms with Gasteiger partial charge in [-0.1, -0.05) is 34.8 Å². The van der Waals surface area contributed by atoms with Crippen LogP contribution in [0.4, 0.5) is 0 Å². The van der Waals surface area contributed by atoms with Gasteiger partial charge in [-0.05, 0) is 18.2 Å². The molecular formula is C11H4Cl3N3OS. The Kier molecular flexibility index (Phi) is 3.54. The molecule has 3 rings (SSSR count). The summed E-state index contributed by atoms with van der Waals surface area (Å²) >= 11 is 18.6. The lowest BCUT2D eigenvalue weighted by molar-refractivity contribution is 0.488. The Morgan fingerprint density at radius 2 is 1.68 bits per heavy atom. The summed E-state index contributed by atoms with van der Waals surface area (Å²) in [4.78, 5) is 12.3. The maximum atomic E-state index is 5.88. The molecular weight excluding hydrogens is 329 g/mol. The number of hydrogen-bond acceptors (Lipinski definition) is 5. The van der Waals surface area contributed by atoms with Gasteiger partial charge in [0.2, 0.25) is 0 Å². The minimum absolute atomic E-state index is 0.265. The van der Waals surface area contributed by atoms with Gasteiger partial charge in [0.05, 0.1) is 0 Å². The lowest BCUT2D eigenvalue weighted by Crippen LogP contribution is -1.87. The lowest BCUT2D eigenvalue weighted by Gasteiger charge is -1.96. The third-order valence-electron chi connectivity index (χ3n) is 2.15. The number of hydrogen-bond donors (Lipinski definition) is 0. The molecule has 0 unspecified atom stereocenters. The van der Waals surface area contributed by atoms with Crippen molar-refractivity contribution in [3.05, 3.63) is 39.6 Å². The summed E-state index contributed by atoms with van der Waals surface area (Å²) in [6.07, 6.45) is 0. The summed E-state index contributed by atoms with van der Waals surface area (Å²) in [5, 5.41) is 1.90. The molecule has 1 aromatic carbocycles. The van der Waals surface area contributed by atoms with E-state index in [2.05, 4.69) is 15.0 Å². The van der Waals surface area contributed by atoms with Crippen LogP contribution in [-0.2, 0) is 0 Å². The maximum absolute atomic E-state index is 5.88. The molecule has 3 aromatic rings. The van der Waals surface area contributed by atoms with Crippen molar-refractivity contribution in [2.45, 2.75) is 10.4 Å². The summed E-state index contributed by atoms with van der Waals surface area (Å²) in [5.74, 6) is 0. The molecule has 96 valence electrons. The average Bonchev–Trinajstić information content (AvgIpc) is 2.68. The van der Waals surface area contributed by atoms with Crippen molar-refractivity contribution < 1.29 is 4.42 Å². The SMILES string of the molecule is Clc1ccc2oc(Sc3nc(Cl)cc(Cl)n3)nc2c1. The second kappa shape index (κ2) is 5.17. The van der Waals surface area contributed by atoms with Gasteiger partial charge in [-0.2, -0.15) is 0 Å². The molecule has 0 amide bonds. The standard InChI is InChI=1S/C11H4Cl3N3OS/c12-5-1-2-7-6(3-5)15-11(18-7)19-10-16-8(13)4-9(14)17-10/h1-4H. The predicted molar refractivity (Wildman–Crippen MR) is 75.2 cm³/mol. The van der Waals surface area contributed by atoms with Crippen LogP contribution in [0.5, 0.6) is 0 Å². The van der Waals surface area contributed by atoms with Crippen molar-refractivity contribution in [2.75, 3.05) is 0 Å². The van der Waals surface area contributed by atoms with Crippen molar-refractivity contribution in [2.24, 2.45) is 0 Å². The van der Waals surface area contributed by atoms with E-state index in [-0.39, 0.29) is 10.3 Å². The van der Waals surface area contributed by atoms with Crippen molar-refractivity contribution in [3.63, 3.8) is 0 Å². The second-order valence-corrected chi connectivity index (χ2v) is 5.62. The average molecular weight is 333 g/mol. The molecule has 0 radical (unpaired) electrons. The first kappa shape index (κ1) is 13.0. The van der Waals surface area contributed by atoms with Crippen LogP contribution in [0, 0.1) is 0 Å². The highest BCUT2D eigenvalue weighted by molar-refractivity contribution is 7.98. The van der Waals surface area contributed by atoms with Gasteiger partial charge in [-0.25, -0.2) is 15.0 Å². The van der Waals surface area contributed by atoms with Gasteiger partial charge in [-0.3, -0.25) is 0 Å². The first-order valence-electron chi connectivity index (χ1n) is 5.04. The molecule has 4 nitrogen and oxygen atoms in total. The molecule has 19 heavy (non-hydrogen) atoms. The van der Waals surface area contributed by atoms with E-state index in [4.69, 9.17) is 39.2 Å². The fourth-order valence-corrected chi connectivity index (χ4v) is 2.83. The van der Waals surface area contributed by atoms with Crippen molar-refractivity contribution in [3.8, 4) is 0 Å². The Balaban J connectivity index is 1.96. The lowest BCUT2D eigenvalue weighted by atomic mass is 10.3. The molecule has 0 aliphatic rings. The number of rotatable bonds is 2. The monoisotopic (exact) mass is 331 g/mol. The van der Waals surface area contributed by atoms with Gasteiger partial charge < -0.3 is 4.42 Å². The third kappa shape index (κ3) is 2.95. The predicted octanol–water partition coefficient (Wildman–Crippen LogP) is 4.73. The number of oxazole rings is 1. The smallest absolute Gasteiger partial charge is 0.264 e. The minimum atomic E-state index is 0.265. The molecule has 2 aromatic heterocycles. The molecule has 0 spiro atoms. The van der Waals surface area contributed by atoms with E-state index in [1.165, 1.54) is 6.07 Å². The first-order valence-corrected chi connectivity index (χ1v) is 6.99. The van der Waals surface area contributed by atoms with Crippen LogP contribution in [0.3, 0.4) is 0 Å². The first-order chi connectivity index (χ1) is 9.10. The molecule has 0 aliphatic heterocycles. The minimum Gasteiger partial charge on any atom is -0.431 e. The highest BCUT2D eigenvalue weighted by Crippen LogP contribution is 2.30. The number of aromatic nitrogens is 3. The third-order valence-corrected chi connectivity index (χ3v) is 3.49. The zero-order valence-corrected chi connectivity index (χ0v) is 12.2. The number of nitrogens with zero attached hydrogens (tertiary/aromatic N) is 3. The van der Waals surface area contributed by atoms with Gasteiger partial charge in [0, 0.05) is 22.9 Å². The Morgan fingerprint density at radius 3 is 2.42 bits per heavy atom. The van der Waals surface area contributed by atoms with E-state index in [0.717, 1.165) is 11.8 Å². The normalized spacial score (nSPS) is 11.1. The zero-order valence-electron chi connectivity index (χ0n) is 9.10. The summed E-state index contributed by atoms with van der Waals surface area (Å²) < 4.78 is 5.53. The molecule has 0 N–H and O–H groups in total. The molecule has 2 heterocycles. The van der Waals surface area contributed by atoms with E-state index < -0.39 is 0 Å². The van der Waals surface area contributed by atoms with Crippen molar-refractivity contribution in [1.29, 1.82) is 0 Å². The summed E-state index contributed by atoms with van der Waals surface area (Å²) in [5.41, 5.74) is 1.31. The van der Waals surface area contributed by atoms with Crippen molar-refractivity contribution >= 4 is 57.7 Å². The molecule has 0 aliphatic carbocycles. The highest BCUT2D eigenvalue weighted by atomic mass is 35.5. The van der Waals surface area contributed by atoms with Crippen molar-refractivity contribution in [1.82, 2.24) is 15.0 Å². The van der Waals surface area contributed by atoms with Gasteiger partial charge >= 0.3 is 0 Å². The fourth-order valence-electron chi connectivity index (χ4n) is 1.42. The van der Waals surface area contributed by atoms with E-state index in [9.17, 15) is 0 Å². The van der Waals surface area contributed by atoms with Gasteiger partial charge in [-0.15, -0.1) is 0 Å². The second-order valence-electron chi connectivity index (χ2n) is 3.49. The van der Waals surface area contributed by atoms with E-state index in [1.807, 2.05) is 0 Å². The Bertz CT molecular complexity index is 742. The highest BCUT2D eigenvalue weighted by Gasteiger charge is 2.11. The summed E-state index contributed by atoms with van der Waals surface area (Å²) in [6.45, 7) is 0. The van der Waals surface area contributed by atoms with Gasteiger partial charge in [0.1, 0.15) is 15.8 Å². The molecule has 0 bridgehead atoms. The van der Waals surface area contributed by atoms with E-state index in [1.54, 1.807) is 18.2 Å². The van der Waals surface area contributed by atoms with Crippen LogP contribution >= 0.6 is 46.6 Å². The molecule has 0 saturated heterocycles. The largest absolute Gasteiger partial charge is 0.431 e. The molecule has 8 heteroatoms. The van der Waals surface area contributed by atoms with Gasteiger partial charge in [0.15, 0.2) is 10.7 Å². The topological polar surface area (TPSA) is 51.8 Å². The zero-order chi connectivity index (χ0) is 13.4. The maximum Gasteiger partial charge on any atom is 0.264 e. The van der Waals surface area contributed by atoms with Crippen LogP contribution in [-0.4, -0.2) is 15.0 Å². The number of halogens is 3. The van der Waals surface area contributed by atoms with E-state index >= 15 is 0 Å². The van der Waals surface area contributed by atoms with Crippen LogP contribution < -0.4 is 0 Å². The van der Waals surface area contributed by atoms with Crippen LogP contribution in [0.2, 0.25) is 15.3 Å². The number of fused-ring (bicyclic) bond motifs is 1. The van der Waals surface area contributed by atoms with Gasteiger partial charge in [0.25, 0.3) is 5.22 Å².